The van der Waals surface area contributed by atoms with E-state index in [9.17, 15) is 14.7 Å². The standard InChI is InChI=1S/C21H27FO4/c1-18-7-5-13(23)9-12(18)3-4-15-14-6-8-20(17(25)11-26-20)19(14,2)10-16(24)21(15,18)22/h9,14-16,24H,3-8,10-11H2,1-2H3/t14-,15-,16-,18-,19-,20-,21-/m0/s1. The second-order valence-electron chi connectivity index (χ2n) is 9.70. The fourth-order valence-electron chi connectivity index (χ4n) is 7.56. The van der Waals surface area contributed by atoms with Gasteiger partial charge in [0.05, 0.1) is 6.10 Å². The normalized spacial score (nSPS) is 55.7. The highest BCUT2D eigenvalue weighted by Gasteiger charge is 2.76. The van der Waals surface area contributed by atoms with E-state index in [-0.39, 0.29) is 36.4 Å². The molecule has 1 N–H and O–H groups in total. The summed E-state index contributed by atoms with van der Waals surface area (Å²) in [4.78, 5) is 24.3. The van der Waals surface area contributed by atoms with Gasteiger partial charge in [-0.2, -0.15) is 0 Å². The summed E-state index contributed by atoms with van der Waals surface area (Å²) in [6.07, 6.45) is 4.33. The van der Waals surface area contributed by atoms with Crippen molar-refractivity contribution in [3.63, 3.8) is 0 Å². The molecule has 3 saturated carbocycles. The van der Waals surface area contributed by atoms with E-state index in [1.807, 2.05) is 13.8 Å². The average molecular weight is 362 g/mol. The lowest BCUT2D eigenvalue weighted by Crippen LogP contribution is -2.71. The summed E-state index contributed by atoms with van der Waals surface area (Å²) in [6.45, 7) is 4.08. The molecular weight excluding hydrogens is 335 g/mol. The van der Waals surface area contributed by atoms with Crippen LogP contribution in [0.3, 0.4) is 0 Å². The molecule has 0 aromatic carbocycles. The van der Waals surface area contributed by atoms with Crippen LogP contribution in [0.1, 0.15) is 58.8 Å². The van der Waals surface area contributed by atoms with E-state index in [2.05, 4.69) is 0 Å². The van der Waals surface area contributed by atoms with Crippen molar-refractivity contribution in [1.29, 1.82) is 0 Å². The zero-order chi connectivity index (χ0) is 18.5. The maximum absolute atomic E-state index is 16.8. The second-order valence-corrected chi connectivity index (χ2v) is 9.70. The highest BCUT2D eigenvalue weighted by atomic mass is 19.1. The molecule has 142 valence electrons. The van der Waals surface area contributed by atoms with Crippen LogP contribution < -0.4 is 0 Å². The van der Waals surface area contributed by atoms with Gasteiger partial charge in [0.2, 0.25) is 0 Å². The third kappa shape index (κ3) is 1.60. The number of aliphatic hydroxyl groups excluding tert-OH is 1. The Morgan fingerprint density at radius 3 is 2.58 bits per heavy atom. The molecule has 0 radical (unpaired) electrons. The Bertz CT molecular complexity index is 746. The van der Waals surface area contributed by atoms with Gasteiger partial charge in [-0.15, -0.1) is 0 Å². The van der Waals surface area contributed by atoms with Crippen molar-refractivity contribution in [1.82, 2.24) is 0 Å². The first kappa shape index (κ1) is 17.1. The van der Waals surface area contributed by atoms with E-state index >= 15 is 4.39 Å². The topological polar surface area (TPSA) is 63.6 Å². The van der Waals surface area contributed by atoms with E-state index in [0.717, 1.165) is 12.0 Å². The fraction of sp³-hybridized carbons (Fsp3) is 0.810. The monoisotopic (exact) mass is 362 g/mol. The van der Waals surface area contributed by atoms with Crippen LogP contribution in [0.2, 0.25) is 0 Å². The van der Waals surface area contributed by atoms with Crippen LogP contribution in [-0.2, 0) is 14.3 Å². The molecule has 5 heteroatoms. The SMILES string of the molecule is C[C@]12CCC(=O)C=C1CC[C@H]1[C@@H]3CC[C@@]4(OCC4=O)[C@@]3(C)C[C@H](O)[C@@]12F. The third-order valence-electron chi connectivity index (χ3n) is 9.06. The molecule has 4 fully saturated rings. The highest BCUT2D eigenvalue weighted by Crippen LogP contribution is 2.71. The molecule has 7 atom stereocenters. The van der Waals surface area contributed by atoms with Gasteiger partial charge < -0.3 is 9.84 Å². The zero-order valence-corrected chi connectivity index (χ0v) is 15.5. The van der Waals surface area contributed by atoms with Crippen molar-refractivity contribution in [3.05, 3.63) is 11.6 Å². The molecule has 0 aromatic rings. The van der Waals surface area contributed by atoms with Gasteiger partial charge in [-0.1, -0.05) is 19.4 Å². The van der Waals surface area contributed by atoms with Gasteiger partial charge in [-0.05, 0) is 50.5 Å². The van der Waals surface area contributed by atoms with Crippen molar-refractivity contribution >= 4 is 11.6 Å². The van der Waals surface area contributed by atoms with Gasteiger partial charge in [-0.25, -0.2) is 4.39 Å². The van der Waals surface area contributed by atoms with E-state index in [1.54, 1.807) is 6.08 Å². The van der Waals surface area contributed by atoms with Crippen LogP contribution in [-0.4, -0.2) is 40.7 Å². The maximum atomic E-state index is 16.8. The number of rotatable bonds is 0. The van der Waals surface area contributed by atoms with Gasteiger partial charge in [0.25, 0.3) is 0 Å². The molecule has 26 heavy (non-hydrogen) atoms. The molecule has 5 rings (SSSR count). The summed E-state index contributed by atoms with van der Waals surface area (Å²) in [5, 5.41) is 11.1. The fourth-order valence-corrected chi connectivity index (χ4v) is 7.56. The number of Topliss-reactive ketones (excluding diaryl/α,β-unsaturated/α-hetero) is 1. The molecule has 4 aliphatic carbocycles. The number of ether oxygens (including phenoxy) is 1. The minimum atomic E-state index is -1.74. The molecular formula is C21H27FO4. The first-order valence-electron chi connectivity index (χ1n) is 9.97. The number of hydrogen-bond donors (Lipinski definition) is 1. The zero-order valence-electron chi connectivity index (χ0n) is 15.5. The van der Waals surface area contributed by atoms with Gasteiger partial charge in [0.1, 0.15) is 17.9 Å². The van der Waals surface area contributed by atoms with E-state index in [0.29, 0.717) is 32.1 Å². The summed E-state index contributed by atoms with van der Waals surface area (Å²) in [5.74, 6) is -0.0611. The summed E-state index contributed by atoms with van der Waals surface area (Å²) in [5.41, 5.74) is -2.95. The van der Waals surface area contributed by atoms with Crippen LogP contribution in [0, 0.1) is 22.7 Å². The number of aliphatic hydroxyl groups is 1. The van der Waals surface area contributed by atoms with Gasteiger partial charge in [-0.3, -0.25) is 9.59 Å². The van der Waals surface area contributed by atoms with Gasteiger partial charge >= 0.3 is 0 Å². The third-order valence-corrected chi connectivity index (χ3v) is 9.06. The molecule has 0 amide bonds. The molecule has 4 nitrogen and oxygen atoms in total. The van der Waals surface area contributed by atoms with E-state index < -0.39 is 28.2 Å². The molecule has 1 saturated heterocycles. The molecule has 0 bridgehead atoms. The largest absolute Gasteiger partial charge is 0.390 e. The number of halogens is 1. The predicted molar refractivity (Wildman–Crippen MR) is 92.1 cm³/mol. The van der Waals surface area contributed by atoms with Crippen LogP contribution in [0.4, 0.5) is 4.39 Å². The van der Waals surface area contributed by atoms with Gasteiger partial charge in [0, 0.05) is 23.2 Å². The number of allylic oxidation sites excluding steroid dienone is 1. The van der Waals surface area contributed by atoms with E-state index in [4.69, 9.17) is 4.74 Å². The number of carbonyl (C=O) groups is 2. The number of fused-ring (bicyclic) bond motifs is 6. The first-order chi connectivity index (χ1) is 12.2. The van der Waals surface area contributed by atoms with Crippen molar-refractivity contribution in [2.75, 3.05) is 6.61 Å². The summed E-state index contributed by atoms with van der Waals surface area (Å²) >= 11 is 0. The Hall–Kier alpha value is -1.07. The molecule has 1 heterocycles. The van der Waals surface area contributed by atoms with Gasteiger partial charge in [0.15, 0.2) is 11.6 Å². The van der Waals surface area contributed by atoms with Crippen molar-refractivity contribution in [2.45, 2.75) is 76.2 Å². The van der Waals surface area contributed by atoms with E-state index in [1.165, 1.54) is 0 Å². The summed E-state index contributed by atoms with van der Waals surface area (Å²) < 4.78 is 22.6. The summed E-state index contributed by atoms with van der Waals surface area (Å²) in [6, 6.07) is 0. The lowest BCUT2D eigenvalue weighted by molar-refractivity contribution is -0.250. The Balaban J connectivity index is 1.61. The Morgan fingerprint density at radius 2 is 1.92 bits per heavy atom. The smallest absolute Gasteiger partial charge is 0.190 e. The number of ketones is 2. The molecule has 0 unspecified atom stereocenters. The maximum Gasteiger partial charge on any atom is 0.190 e. The Labute approximate surface area is 153 Å². The molecule has 1 spiro atoms. The predicted octanol–water partition coefficient (Wildman–Crippen LogP) is 2.92. The molecule has 1 aliphatic heterocycles. The molecule has 5 aliphatic rings. The van der Waals surface area contributed by atoms with Crippen LogP contribution >= 0.6 is 0 Å². The average Bonchev–Trinajstić information content (AvgIpc) is 2.90. The lowest BCUT2D eigenvalue weighted by Gasteiger charge is -2.64. The van der Waals surface area contributed by atoms with Crippen LogP contribution in [0.5, 0.6) is 0 Å². The quantitative estimate of drug-likeness (QED) is 0.720. The Kier molecular flexibility index (Phi) is 3.18. The summed E-state index contributed by atoms with van der Waals surface area (Å²) in [7, 11) is 0. The van der Waals surface area contributed by atoms with Crippen molar-refractivity contribution < 1.29 is 23.8 Å². The van der Waals surface area contributed by atoms with Crippen LogP contribution in [0.25, 0.3) is 0 Å². The van der Waals surface area contributed by atoms with Crippen LogP contribution in [0.15, 0.2) is 11.6 Å². The number of carbonyl (C=O) groups excluding carboxylic acids is 2. The second kappa shape index (κ2) is 4.85. The highest BCUT2D eigenvalue weighted by molar-refractivity contribution is 5.94. The molecule has 0 aromatic heterocycles. The first-order valence-corrected chi connectivity index (χ1v) is 9.97. The number of hydrogen-bond acceptors (Lipinski definition) is 4. The van der Waals surface area contributed by atoms with Crippen molar-refractivity contribution in [3.8, 4) is 0 Å². The number of alkyl halides is 1. The van der Waals surface area contributed by atoms with Crippen molar-refractivity contribution in [2.24, 2.45) is 22.7 Å². The minimum Gasteiger partial charge on any atom is -0.390 e. The lowest BCUT2D eigenvalue weighted by atomic mass is 9.43. The minimum absolute atomic E-state index is 0.0381. The Morgan fingerprint density at radius 1 is 1.15 bits per heavy atom.